The lowest BCUT2D eigenvalue weighted by Gasteiger charge is -1.99. The van der Waals surface area contributed by atoms with Crippen LogP contribution in [-0.2, 0) is 0 Å². The normalized spacial score (nSPS) is 9.17. The van der Waals surface area contributed by atoms with Gasteiger partial charge < -0.3 is 4.74 Å². The maximum absolute atomic E-state index is 11.8. The molecule has 3 heteroatoms. The van der Waals surface area contributed by atoms with E-state index >= 15 is 0 Å². The lowest BCUT2D eigenvalue weighted by atomic mass is 10.1. The van der Waals surface area contributed by atoms with Crippen molar-refractivity contribution in [3.63, 3.8) is 0 Å². The van der Waals surface area contributed by atoms with Gasteiger partial charge in [0, 0.05) is 11.8 Å². The minimum absolute atomic E-state index is 0.221. The average molecular weight is 237 g/mol. The van der Waals surface area contributed by atoms with Crippen molar-refractivity contribution in [2.24, 2.45) is 0 Å². The Morgan fingerprint density at radius 2 is 1.94 bits per heavy atom. The Kier molecular flexibility index (Phi) is 3.72. The number of hydrogen-bond donors (Lipinski definition) is 0. The maximum atomic E-state index is 11.8. The number of Topliss-reactive ketones (excluding diaryl/α,β-unsaturated/α-hetero) is 1. The van der Waals surface area contributed by atoms with Crippen LogP contribution < -0.4 is 4.74 Å². The van der Waals surface area contributed by atoms with Gasteiger partial charge in [-0.3, -0.25) is 4.79 Å². The molecule has 0 aliphatic rings. The van der Waals surface area contributed by atoms with Crippen LogP contribution in [0.1, 0.15) is 15.9 Å². The first-order valence-electron chi connectivity index (χ1n) is 5.41. The van der Waals surface area contributed by atoms with Crippen molar-refractivity contribution in [2.45, 2.75) is 0 Å². The predicted molar refractivity (Wildman–Crippen MR) is 68.4 cm³/mol. The quantitative estimate of drug-likeness (QED) is 0.594. The van der Waals surface area contributed by atoms with E-state index in [4.69, 9.17) is 4.74 Å². The topological polar surface area (TPSA) is 39.2 Å². The van der Waals surface area contributed by atoms with E-state index in [-0.39, 0.29) is 5.78 Å². The second-order valence-electron chi connectivity index (χ2n) is 3.51. The largest absolute Gasteiger partial charge is 0.480 e. The molecule has 1 aromatic heterocycles. The Hall–Kier alpha value is -2.60. The number of carbonyl (C=O) groups is 1. The molecule has 0 saturated heterocycles. The fourth-order valence-corrected chi connectivity index (χ4v) is 1.43. The van der Waals surface area contributed by atoms with Gasteiger partial charge in [-0.25, -0.2) is 4.98 Å². The van der Waals surface area contributed by atoms with Crippen LogP contribution in [0.4, 0.5) is 0 Å². The number of nitrogens with zero attached hydrogens (tertiary/aromatic N) is 1. The Bertz CT molecular complexity index is 609. The van der Waals surface area contributed by atoms with Crippen molar-refractivity contribution in [3.05, 3.63) is 59.8 Å². The molecule has 18 heavy (non-hydrogen) atoms. The summed E-state index contributed by atoms with van der Waals surface area (Å²) in [6, 6.07) is 12.4. The summed E-state index contributed by atoms with van der Waals surface area (Å²) in [5.41, 5.74) is 1.18. The number of hydrogen-bond acceptors (Lipinski definition) is 3. The van der Waals surface area contributed by atoms with Crippen molar-refractivity contribution < 1.29 is 9.53 Å². The molecular weight excluding hydrogens is 226 g/mol. The highest BCUT2D eigenvalue weighted by Gasteiger charge is 2.02. The fraction of sp³-hybridized carbons (Fsp3) is 0.0667. The molecule has 0 spiro atoms. The summed E-state index contributed by atoms with van der Waals surface area (Å²) in [7, 11) is 1.52. The second kappa shape index (κ2) is 5.65. The minimum atomic E-state index is -0.221. The van der Waals surface area contributed by atoms with Crippen LogP contribution in [0.25, 0.3) is 0 Å². The number of carbonyl (C=O) groups excluding carboxylic acids is 1. The molecule has 1 aromatic carbocycles. The van der Waals surface area contributed by atoms with E-state index in [1.165, 1.54) is 7.11 Å². The molecule has 88 valence electrons. The summed E-state index contributed by atoms with van der Waals surface area (Å²) >= 11 is 0. The van der Waals surface area contributed by atoms with Crippen LogP contribution in [-0.4, -0.2) is 17.9 Å². The zero-order chi connectivity index (χ0) is 12.8. The number of ether oxygens (including phenoxy) is 1. The summed E-state index contributed by atoms with van der Waals surface area (Å²) in [4.78, 5) is 15.8. The summed E-state index contributed by atoms with van der Waals surface area (Å²) in [5, 5.41) is 0. The minimum Gasteiger partial charge on any atom is -0.480 e. The molecule has 0 saturated carbocycles. The van der Waals surface area contributed by atoms with E-state index in [1.807, 2.05) is 6.07 Å². The van der Waals surface area contributed by atoms with Gasteiger partial charge in [0.2, 0.25) is 11.7 Å². The number of aromatic nitrogens is 1. The second-order valence-corrected chi connectivity index (χ2v) is 3.51. The van der Waals surface area contributed by atoms with Gasteiger partial charge in [0.05, 0.1) is 12.7 Å². The van der Waals surface area contributed by atoms with Gasteiger partial charge in [0.1, 0.15) is 0 Å². The third-order valence-corrected chi connectivity index (χ3v) is 2.31. The van der Waals surface area contributed by atoms with Crippen LogP contribution in [0, 0.1) is 11.8 Å². The highest BCUT2D eigenvalue weighted by Crippen LogP contribution is 2.11. The molecule has 0 bridgehead atoms. The molecule has 0 unspecified atom stereocenters. The van der Waals surface area contributed by atoms with Crippen LogP contribution in [0.3, 0.4) is 0 Å². The van der Waals surface area contributed by atoms with Gasteiger partial charge in [-0.1, -0.05) is 36.3 Å². The average Bonchev–Trinajstić information content (AvgIpc) is 2.46. The third-order valence-electron chi connectivity index (χ3n) is 2.31. The monoisotopic (exact) mass is 237 g/mol. The van der Waals surface area contributed by atoms with Crippen LogP contribution >= 0.6 is 0 Å². The number of ketones is 1. The first kappa shape index (κ1) is 11.9. The molecule has 0 fully saturated rings. The van der Waals surface area contributed by atoms with E-state index in [9.17, 15) is 4.79 Å². The number of methoxy groups -OCH3 is 1. The fourth-order valence-electron chi connectivity index (χ4n) is 1.43. The summed E-state index contributed by atoms with van der Waals surface area (Å²) in [6.07, 6.45) is 1.61. The maximum Gasteiger partial charge on any atom is 0.236 e. The van der Waals surface area contributed by atoms with E-state index in [0.717, 1.165) is 0 Å². The van der Waals surface area contributed by atoms with E-state index in [1.54, 1.807) is 42.6 Å². The van der Waals surface area contributed by atoms with Crippen molar-refractivity contribution in [2.75, 3.05) is 7.11 Å². The van der Waals surface area contributed by atoms with Gasteiger partial charge in [-0.05, 0) is 18.1 Å². The first-order chi connectivity index (χ1) is 8.81. The van der Waals surface area contributed by atoms with Gasteiger partial charge in [0.25, 0.3) is 0 Å². The van der Waals surface area contributed by atoms with Gasteiger partial charge in [0.15, 0.2) is 0 Å². The van der Waals surface area contributed by atoms with Crippen molar-refractivity contribution in [1.29, 1.82) is 0 Å². The van der Waals surface area contributed by atoms with Gasteiger partial charge in [-0.15, -0.1) is 0 Å². The molecule has 0 amide bonds. The molecule has 2 aromatic rings. The first-order valence-corrected chi connectivity index (χ1v) is 5.41. The zero-order valence-electron chi connectivity index (χ0n) is 9.88. The van der Waals surface area contributed by atoms with E-state index in [2.05, 4.69) is 16.8 Å². The molecule has 1 heterocycles. The molecule has 2 rings (SSSR count). The standard InChI is InChI=1S/C15H11NO2/c1-18-15-13(8-5-11-16-15)9-10-14(17)12-6-3-2-4-7-12/h2-8,11H,1H3. The van der Waals surface area contributed by atoms with Crippen molar-refractivity contribution >= 4 is 5.78 Å². The molecule has 0 aliphatic carbocycles. The highest BCUT2D eigenvalue weighted by molar-refractivity contribution is 6.09. The Balaban J connectivity index is 2.25. The zero-order valence-corrected chi connectivity index (χ0v) is 9.88. The lowest BCUT2D eigenvalue weighted by Crippen LogP contribution is -1.95. The summed E-state index contributed by atoms with van der Waals surface area (Å²) in [5.74, 6) is 5.56. The smallest absolute Gasteiger partial charge is 0.236 e. The van der Waals surface area contributed by atoms with Crippen LogP contribution in [0.2, 0.25) is 0 Å². The van der Waals surface area contributed by atoms with Crippen LogP contribution in [0.5, 0.6) is 5.88 Å². The molecule has 0 radical (unpaired) electrons. The predicted octanol–water partition coefficient (Wildman–Crippen LogP) is 2.32. The Morgan fingerprint density at radius 3 is 2.67 bits per heavy atom. The summed E-state index contributed by atoms with van der Waals surface area (Å²) < 4.78 is 5.06. The van der Waals surface area contributed by atoms with E-state index in [0.29, 0.717) is 17.0 Å². The third kappa shape index (κ3) is 2.74. The van der Waals surface area contributed by atoms with Gasteiger partial charge >= 0.3 is 0 Å². The molecule has 3 nitrogen and oxygen atoms in total. The number of rotatable bonds is 2. The molecule has 0 N–H and O–H groups in total. The molecule has 0 aliphatic heterocycles. The lowest BCUT2D eigenvalue weighted by molar-refractivity contribution is 0.105. The summed E-state index contributed by atoms with van der Waals surface area (Å²) in [6.45, 7) is 0. The van der Waals surface area contributed by atoms with E-state index < -0.39 is 0 Å². The Morgan fingerprint density at radius 1 is 1.17 bits per heavy atom. The highest BCUT2D eigenvalue weighted by atomic mass is 16.5. The molecular formula is C15H11NO2. The number of benzene rings is 1. The number of pyridine rings is 1. The van der Waals surface area contributed by atoms with Gasteiger partial charge in [-0.2, -0.15) is 0 Å². The van der Waals surface area contributed by atoms with Crippen molar-refractivity contribution in [3.8, 4) is 17.7 Å². The van der Waals surface area contributed by atoms with Crippen LogP contribution in [0.15, 0.2) is 48.7 Å². The van der Waals surface area contributed by atoms with Crippen molar-refractivity contribution in [1.82, 2.24) is 4.98 Å². The SMILES string of the molecule is COc1ncccc1C#CC(=O)c1ccccc1. The molecule has 0 atom stereocenters. The Labute approximate surface area is 105 Å².